The number of carbonyl (C=O) groups excluding carboxylic acids is 1. The molecule has 4 aromatic rings. The van der Waals surface area contributed by atoms with Gasteiger partial charge >= 0.3 is 5.97 Å². The Morgan fingerprint density at radius 1 is 1.00 bits per heavy atom. The van der Waals surface area contributed by atoms with Gasteiger partial charge in [-0.05, 0) is 55.7 Å². The van der Waals surface area contributed by atoms with Crippen molar-refractivity contribution in [1.82, 2.24) is 10.3 Å². The Kier molecular flexibility index (Phi) is 8.02. The van der Waals surface area contributed by atoms with E-state index in [2.05, 4.69) is 11.4 Å². The Bertz CT molecular complexity index is 1420. The van der Waals surface area contributed by atoms with Crippen molar-refractivity contribution in [2.45, 2.75) is 45.1 Å². The number of allylic oxidation sites excluding steroid dienone is 2. The van der Waals surface area contributed by atoms with Crippen LogP contribution >= 0.6 is 0 Å². The molecule has 0 saturated heterocycles. The topological polar surface area (TPSA) is 92.4 Å². The van der Waals surface area contributed by atoms with Gasteiger partial charge in [0.25, 0.3) is 5.91 Å². The largest absolute Gasteiger partial charge is 0.480 e. The average Bonchev–Trinajstić information content (AvgIpc) is 3.42. The van der Waals surface area contributed by atoms with Crippen LogP contribution in [-0.4, -0.2) is 28.0 Å². The molecule has 0 saturated carbocycles. The maximum atomic E-state index is 12.7. The van der Waals surface area contributed by atoms with E-state index in [9.17, 15) is 14.7 Å². The van der Waals surface area contributed by atoms with Crippen molar-refractivity contribution in [2.75, 3.05) is 0 Å². The number of carbonyl (C=O) groups is 2. The van der Waals surface area contributed by atoms with Gasteiger partial charge in [0.2, 0.25) is 5.89 Å². The molecule has 0 fully saturated rings. The van der Waals surface area contributed by atoms with Crippen LogP contribution in [0.3, 0.4) is 0 Å². The summed E-state index contributed by atoms with van der Waals surface area (Å²) in [6.07, 6.45) is 6.31. The number of aliphatic carboxylic acids is 1. The molecule has 2 atom stereocenters. The molecule has 5 rings (SSSR count). The van der Waals surface area contributed by atoms with E-state index in [0.717, 1.165) is 59.4 Å². The molecule has 3 aromatic carbocycles. The molecule has 0 aliphatic heterocycles. The molecule has 6 heteroatoms. The predicted molar refractivity (Wildman–Crippen MR) is 152 cm³/mol. The Morgan fingerprint density at radius 3 is 2.41 bits per heavy atom. The second-order valence-electron chi connectivity index (χ2n) is 9.89. The van der Waals surface area contributed by atoms with Gasteiger partial charge in [0.05, 0.1) is 0 Å². The lowest BCUT2D eigenvalue weighted by molar-refractivity contribution is -0.139. The zero-order valence-electron chi connectivity index (χ0n) is 22.0. The molecule has 0 bridgehead atoms. The number of amides is 1. The van der Waals surface area contributed by atoms with E-state index in [1.807, 2.05) is 78.9 Å². The Labute approximate surface area is 228 Å². The third kappa shape index (κ3) is 6.01. The molecule has 2 unspecified atom stereocenters. The molecule has 198 valence electrons. The SMILES string of the molecule is CCC(NC(=O)c1cccc(CC2CCCC=C2c2nc(-c3ccccc3)c(-c3ccccc3)o2)c1)C(=O)O. The highest BCUT2D eigenvalue weighted by atomic mass is 16.4. The van der Waals surface area contributed by atoms with Crippen LogP contribution in [0.1, 0.15) is 54.4 Å². The number of nitrogens with zero attached hydrogens (tertiary/aromatic N) is 1. The summed E-state index contributed by atoms with van der Waals surface area (Å²) in [6.45, 7) is 1.74. The molecular weight excluding hydrogens is 488 g/mol. The minimum Gasteiger partial charge on any atom is -0.480 e. The number of hydrogen-bond donors (Lipinski definition) is 2. The van der Waals surface area contributed by atoms with Gasteiger partial charge in [0.1, 0.15) is 11.7 Å². The van der Waals surface area contributed by atoms with E-state index in [-0.39, 0.29) is 11.8 Å². The van der Waals surface area contributed by atoms with Crippen molar-refractivity contribution < 1.29 is 19.1 Å². The summed E-state index contributed by atoms with van der Waals surface area (Å²) < 4.78 is 6.50. The minimum atomic E-state index is -1.03. The minimum absolute atomic E-state index is 0.186. The van der Waals surface area contributed by atoms with Gasteiger partial charge in [-0.3, -0.25) is 4.79 Å². The van der Waals surface area contributed by atoms with Crippen LogP contribution in [0, 0.1) is 5.92 Å². The van der Waals surface area contributed by atoms with Crippen molar-refractivity contribution >= 4 is 17.4 Å². The van der Waals surface area contributed by atoms with Crippen molar-refractivity contribution in [3.8, 4) is 22.6 Å². The van der Waals surface area contributed by atoms with Gasteiger partial charge in [0.15, 0.2) is 5.76 Å². The van der Waals surface area contributed by atoms with Gasteiger partial charge in [-0.15, -0.1) is 0 Å². The first-order valence-electron chi connectivity index (χ1n) is 13.5. The zero-order valence-corrected chi connectivity index (χ0v) is 22.0. The van der Waals surface area contributed by atoms with E-state index in [1.165, 1.54) is 0 Å². The van der Waals surface area contributed by atoms with Crippen LogP contribution < -0.4 is 5.32 Å². The van der Waals surface area contributed by atoms with Crippen molar-refractivity contribution in [3.63, 3.8) is 0 Å². The smallest absolute Gasteiger partial charge is 0.326 e. The molecule has 2 N–H and O–H groups in total. The highest BCUT2D eigenvalue weighted by Crippen LogP contribution is 2.40. The lowest BCUT2D eigenvalue weighted by atomic mass is 9.83. The zero-order chi connectivity index (χ0) is 27.2. The quantitative estimate of drug-likeness (QED) is 0.247. The summed E-state index contributed by atoms with van der Waals surface area (Å²) in [7, 11) is 0. The Balaban J connectivity index is 1.43. The number of benzene rings is 3. The van der Waals surface area contributed by atoms with Crippen LogP contribution in [0.25, 0.3) is 28.2 Å². The van der Waals surface area contributed by atoms with E-state index >= 15 is 0 Å². The number of rotatable bonds is 9. The van der Waals surface area contributed by atoms with E-state index in [1.54, 1.807) is 13.0 Å². The van der Waals surface area contributed by atoms with Gasteiger partial charge in [0, 0.05) is 22.3 Å². The lowest BCUT2D eigenvalue weighted by Crippen LogP contribution is -2.40. The Morgan fingerprint density at radius 2 is 1.72 bits per heavy atom. The molecular formula is C33H32N2O4. The number of hydrogen-bond acceptors (Lipinski definition) is 4. The third-order valence-electron chi connectivity index (χ3n) is 7.20. The van der Waals surface area contributed by atoms with Gasteiger partial charge in [-0.2, -0.15) is 0 Å². The number of carboxylic acids is 1. The molecule has 6 nitrogen and oxygen atoms in total. The lowest BCUT2D eigenvalue weighted by Gasteiger charge is -2.23. The van der Waals surface area contributed by atoms with Gasteiger partial charge < -0.3 is 14.8 Å². The monoisotopic (exact) mass is 520 g/mol. The molecule has 1 aliphatic carbocycles. The normalized spacial score (nSPS) is 15.8. The summed E-state index contributed by atoms with van der Waals surface area (Å²) in [5, 5.41) is 11.9. The molecule has 0 radical (unpaired) electrons. The summed E-state index contributed by atoms with van der Waals surface area (Å²) in [5.74, 6) is 0.168. The van der Waals surface area contributed by atoms with Crippen LogP contribution in [0.4, 0.5) is 0 Å². The van der Waals surface area contributed by atoms with Gasteiger partial charge in [-0.1, -0.05) is 85.8 Å². The molecule has 39 heavy (non-hydrogen) atoms. The number of carboxylic acid groups (broad SMARTS) is 1. The number of nitrogens with one attached hydrogen (secondary N) is 1. The fourth-order valence-corrected chi connectivity index (χ4v) is 5.14. The van der Waals surface area contributed by atoms with Crippen molar-refractivity contribution in [2.24, 2.45) is 5.92 Å². The number of aromatic nitrogens is 1. The van der Waals surface area contributed by atoms with Crippen LogP contribution in [-0.2, 0) is 11.2 Å². The van der Waals surface area contributed by atoms with E-state index in [4.69, 9.17) is 9.40 Å². The van der Waals surface area contributed by atoms with Crippen LogP contribution in [0.2, 0.25) is 0 Å². The van der Waals surface area contributed by atoms with Crippen molar-refractivity contribution in [3.05, 3.63) is 108 Å². The third-order valence-corrected chi connectivity index (χ3v) is 7.20. The van der Waals surface area contributed by atoms with E-state index < -0.39 is 12.0 Å². The highest BCUT2D eigenvalue weighted by Gasteiger charge is 2.26. The second kappa shape index (κ2) is 11.9. The standard InChI is InChI=1S/C33H32N2O4/c1-2-28(33(37)38)34-31(36)26-18-11-12-22(21-26)20-25-17-9-10-19-27(25)32-35-29(23-13-5-3-6-14-23)30(39-32)24-15-7-4-8-16-24/h3-8,11-16,18-19,21,25,28H,2,9-10,17,20H2,1H3,(H,34,36)(H,37,38). The first kappa shape index (κ1) is 26.2. The fourth-order valence-electron chi connectivity index (χ4n) is 5.14. The molecule has 1 heterocycles. The second-order valence-corrected chi connectivity index (χ2v) is 9.89. The first-order chi connectivity index (χ1) is 19.0. The first-order valence-corrected chi connectivity index (χ1v) is 13.5. The maximum absolute atomic E-state index is 12.7. The fraction of sp³-hybridized carbons (Fsp3) is 0.242. The van der Waals surface area contributed by atoms with Crippen LogP contribution in [0.15, 0.2) is 95.4 Å². The molecule has 0 spiro atoms. The van der Waals surface area contributed by atoms with Crippen molar-refractivity contribution in [1.29, 1.82) is 0 Å². The maximum Gasteiger partial charge on any atom is 0.326 e. The van der Waals surface area contributed by atoms with Gasteiger partial charge in [-0.25, -0.2) is 9.78 Å². The molecule has 1 aromatic heterocycles. The Hall–Kier alpha value is -4.45. The predicted octanol–water partition coefficient (Wildman–Crippen LogP) is 7.03. The summed E-state index contributed by atoms with van der Waals surface area (Å²) >= 11 is 0. The molecule has 1 aliphatic rings. The molecule has 1 amide bonds. The van der Waals surface area contributed by atoms with E-state index in [0.29, 0.717) is 17.9 Å². The summed E-state index contributed by atoms with van der Waals surface area (Å²) in [5.41, 5.74) is 5.37. The summed E-state index contributed by atoms with van der Waals surface area (Å²) in [4.78, 5) is 29.1. The van der Waals surface area contributed by atoms with Crippen LogP contribution in [0.5, 0.6) is 0 Å². The highest BCUT2D eigenvalue weighted by molar-refractivity contribution is 5.96. The summed E-state index contributed by atoms with van der Waals surface area (Å²) in [6, 6.07) is 26.7. The number of oxazole rings is 1. The average molecular weight is 521 g/mol.